The summed E-state index contributed by atoms with van der Waals surface area (Å²) in [7, 11) is 0. The Morgan fingerprint density at radius 2 is 0.833 bits per heavy atom. The summed E-state index contributed by atoms with van der Waals surface area (Å²) in [5.74, 6) is 0. The van der Waals surface area contributed by atoms with Gasteiger partial charge in [0.1, 0.15) is 11.2 Å². The van der Waals surface area contributed by atoms with Crippen molar-refractivity contribution in [3.8, 4) is 44.5 Å². The van der Waals surface area contributed by atoms with Crippen LogP contribution in [0.3, 0.4) is 0 Å². The average Bonchev–Trinajstić information content (AvgIpc) is 3.65. The third-order valence-corrected chi connectivity index (χ3v) is 10.5. The molecule has 0 amide bonds. The monoisotopic (exact) mass is 689 g/mol. The smallest absolute Gasteiger partial charge is 0.143 e. The third-order valence-electron chi connectivity index (χ3n) is 10.5. The number of nitrogens with zero attached hydrogens (tertiary/aromatic N) is 1. The number of para-hydroxylation sites is 2. The summed E-state index contributed by atoms with van der Waals surface area (Å²) in [6, 6.07) is 75.8. The minimum absolute atomic E-state index is 0.887. The Labute approximate surface area is 314 Å². The SMILES string of the molecule is c1ccc(-c2ccc(N(c3ccc(-c4ccccc4)cc3-c3ccccc3)c3ccccc3-c3cccc4c3oc3c5ccccc5ccc43)cc2)cc1. The molecule has 54 heavy (non-hydrogen) atoms. The van der Waals surface area contributed by atoms with Gasteiger partial charge >= 0.3 is 0 Å². The molecule has 0 N–H and O–H groups in total. The van der Waals surface area contributed by atoms with E-state index in [0.29, 0.717) is 0 Å². The molecule has 2 nitrogen and oxygen atoms in total. The first-order valence-electron chi connectivity index (χ1n) is 18.4. The molecule has 0 aliphatic carbocycles. The molecule has 2 heteroatoms. The molecular formula is C52H35NO. The number of benzene rings is 9. The molecule has 0 aliphatic heterocycles. The van der Waals surface area contributed by atoms with E-state index < -0.39 is 0 Å². The molecule has 0 spiro atoms. The Morgan fingerprint density at radius 1 is 0.296 bits per heavy atom. The maximum absolute atomic E-state index is 6.90. The van der Waals surface area contributed by atoms with Gasteiger partial charge in [0.15, 0.2) is 0 Å². The highest BCUT2D eigenvalue weighted by atomic mass is 16.3. The van der Waals surface area contributed by atoms with Gasteiger partial charge in [-0.2, -0.15) is 0 Å². The van der Waals surface area contributed by atoms with Gasteiger partial charge in [0, 0.05) is 38.5 Å². The van der Waals surface area contributed by atoms with Crippen molar-refractivity contribution in [2.75, 3.05) is 4.90 Å². The van der Waals surface area contributed by atoms with Crippen LogP contribution in [0.15, 0.2) is 217 Å². The number of hydrogen-bond acceptors (Lipinski definition) is 2. The summed E-state index contributed by atoms with van der Waals surface area (Å²) < 4.78 is 6.90. The Morgan fingerprint density at radius 3 is 1.59 bits per heavy atom. The van der Waals surface area contributed by atoms with E-state index in [9.17, 15) is 0 Å². The molecule has 254 valence electrons. The zero-order chi connectivity index (χ0) is 35.8. The van der Waals surface area contributed by atoms with E-state index >= 15 is 0 Å². The molecule has 0 atom stereocenters. The first-order chi connectivity index (χ1) is 26.8. The topological polar surface area (TPSA) is 16.4 Å². The number of anilines is 3. The summed E-state index contributed by atoms with van der Waals surface area (Å²) in [6.45, 7) is 0. The maximum atomic E-state index is 6.90. The molecule has 0 saturated carbocycles. The highest BCUT2D eigenvalue weighted by Gasteiger charge is 2.23. The molecular weight excluding hydrogens is 655 g/mol. The minimum atomic E-state index is 0.887. The summed E-state index contributed by atoms with van der Waals surface area (Å²) in [6.07, 6.45) is 0. The Kier molecular flexibility index (Phi) is 7.85. The second-order valence-corrected chi connectivity index (χ2v) is 13.7. The fourth-order valence-corrected chi connectivity index (χ4v) is 7.87. The zero-order valence-electron chi connectivity index (χ0n) is 29.6. The largest absolute Gasteiger partial charge is 0.455 e. The molecule has 10 rings (SSSR count). The third kappa shape index (κ3) is 5.53. The van der Waals surface area contributed by atoms with Crippen LogP contribution in [-0.2, 0) is 0 Å². The van der Waals surface area contributed by atoms with Crippen molar-refractivity contribution in [2.45, 2.75) is 0 Å². The van der Waals surface area contributed by atoms with Gasteiger partial charge < -0.3 is 9.32 Å². The van der Waals surface area contributed by atoms with E-state index in [4.69, 9.17) is 4.42 Å². The van der Waals surface area contributed by atoms with Crippen molar-refractivity contribution >= 4 is 49.8 Å². The quantitative estimate of drug-likeness (QED) is 0.166. The van der Waals surface area contributed by atoms with E-state index in [2.05, 4.69) is 217 Å². The van der Waals surface area contributed by atoms with Crippen molar-refractivity contribution in [1.82, 2.24) is 0 Å². The molecule has 0 saturated heterocycles. The first-order valence-corrected chi connectivity index (χ1v) is 18.4. The van der Waals surface area contributed by atoms with E-state index in [1.165, 1.54) is 27.6 Å². The van der Waals surface area contributed by atoms with E-state index in [1.54, 1.807) is 0 Å². The van der Waals surface area contributed by atoms with E-state index in [-0.39, 0.29) is 0 Å². The van der Waals surface area contributed by atoms with Crippen LogP contribution in [0.2, 0.25) is 0 Å². The molecule has 9 aromatic carbocycles. The predicted octanol–water partition coefficient (Wildman–Crippen LogP) is 14.9. The van der Waals surface area contributed by atoms with Crippen molar-refractivity contribution in [3.63, 3.8) is 0 Å². The zero-order valence-corrected chi connectivity index (χ0v) is 29.6. The maximum Gasteiger partial charge on any atom is 0.143 e. The molecule has 0 radical (unpaired) electrons. The van der Waals surface area contributed by atoms with Crippen molar-refractivity contribution in [3.05, 3.63) is 212 Å². The van der Waals surface area contributed by atoms with Crippen LogP contribution in [0, 0.1) is 0 Å². The predicted molar refractivity (Wildman–Crippen MR) is 228 cm³/mol. The molecule has 1 heterocycles. The van der Waals surface area contributed by atoms with Crippen LogP contribution in [0.1, 0.15) is 0 Å². The summed E-state index contributed by atoms with van der Waals surface area (Å²) in [4.78, 5) is 2.41. The minimum Gasteiger partial charge on any atom is -0.455 e. The summed E-state index contributed by atoms with van der Waals surface area (Å²) in [5.41, 5.74) is 14.2. The average molecular weight is 690 g/mol. The lowest BCUT2D eigenvalue weighted by molar-refractivity contribution is 0.674. The highest BCUT2D eigenvalue weighted by Crippen LogP contribution is 2.48. The number of rotatable bonds is 7. The van der Waals surface area contributed by atoms with E-state index in [0.717, 1.165) is 66.6 Å². The van der Waals surface area contributed by atoms with Gasteiger partial charge in [0.2, 0.25) is 0 Å². The van der Waals surface area contributed by atoms with Crippen molar-refractivity contribution in [1.29, 1.82) is 0 Å². The molecule has 1 aromatic heterocycles. The molecule has 10 aromatic rings. The lowest BCUT2D eigenvalue weighted by atomic mass is 9.94. The number of hydrogen-bond donors (Lipinski definition) is 0. The summed E-state index contributed by atoms with van der Waals surface area (Å²) in [5, 5.41) is 4.53. The fourth-order valence-electron chi connectivity index (χ4n) is 7.87. The van der Waals surface area contributed by atoms with Crippen LogP contribution in [-0.4, -0.2) is 0 Å². The first kappa shape index (κ1) is 31.6. The van der Waals surface area contributed by atoms with Crippen LogP contribution >= 0.6 is 0 Å². The Hall–Kier alpha value is -7.16. The van der Waals surface area contributed by atoms with Gasteiger partial charge in [-0.15, -0.1) is 0 Å². The van der Waals surface area contributed by atoms with Gasteiger partial charge in [-0.3, -0.25) is 0 Å². The van der Waals surface area contributed by atoms with Crippen molar-refractivity contribution in [2.24, 2.45) is 0 Å². The number of fused-ring (bicyclic) bond motifs is 5. The normalized spacial score (nSPS) is 11.3. The van der Waals surface area contributed by atoms with Crippen molar-refractivity contribution < 1.29 is 4.42 Å². The Balaban J connectivity index is 1.22. The van der Waals surface area contributed by atoms with Gasteiger partial charge in [0.05, 0.1) is 11.4 Å². The van der Waals surface area contributed by atoms with Gasteiger partial charge in [-0.05, 0) is 69.6 Å². The second-order valence-electron chi connectivity index (χ2n) is 13.7. The molecule has 0 bridgehead atoms. The van der Waals surface area contributed by atoms with Gasteiger partial charge in [-0.25, -0.2) is 0 Å². The standard InChI is InChI=1S/C52H35NO/c1-4-15-36(16-5-1)38-27-31-42(32-28-38)53(50-34-30-41(37-17-6-2-7-18-37)35-48(50)39-19-8-3-9-20-39)49-26-13-12-23-44(49)45-24-14-25-46-47-33-29-40-21-10-11-22-43(40)51(47)54-52(45)46/h1-35H. The van der Waals surface area contributed by atoms with Gasteiger partial charge in [-0.1, -0.05) is 176 Å². The van der Waals surface area contributed by atoms with Crippen LogP contribution in [0.25, 0.3) is 77.2 Å². The Bertz CT molecular complexity index is 2910. The summed E-state index contributed by atoms with van der Waals surface area (Å²) >= 11 is 0. The highest BCUT2D eigenvalue weighted by molar-refractivity contribution is 6.17. The molecule has 0 unspecified atom stereocenters. The van der Waals surface area contributed by atoms with E-state index in [1.807, 2.05) is 0 Å². The second kappa shape index (κ2) is 13.4. The lowest BCUT2D eigenvalue weighted by Crippen LogP contribution is -2.12. The molecule has 0 aliphatic rings. The lowest BCUT2D eigenvalue weighted by Gasteiger charge is -2.30. The van der Waals surface area contributed by atoms with Crippen LogP contribution in [0.5, 0.6) is 0 Å². The number of furan rings is 1. The fraction of sp³-hybridized carbons (Fsp3) is 0. The van der Waals surface area contributed by atoms with Crippen LogP contribution < -0.4 is 4.90 Å². The molecule has 0 fully saturated rings. The van der Waals surface area contributed by atoms with Crippen LogP contribution in [0.4, 0.5) is 17.1 Å². The van der Waals surface area contributed by atoms with Gasteiger partial charge in [0.25, 0.3) is 0 Å².